The van der Waals surface area contributed by atoms with Gasteiger partial charge in [0.25, 0.3) is 5.91 Å². The maximum atomic E-state index is 14.3. The van der Waals surface area contributed by atoms with Crippen LogP contribution < -0.4 is 10.7 Å². The van der Waals surface area contributed by atoms with Gasteiger partial charge < -0.3 is 5.32 Å². The maximum Gasteiger partial charge on any atom is 0.259 e. The van der Waals surface area contributed by atoms with E-state index in [-0.39, 0.29) is 36.7 Å². The van der Waals surface area contributed by atoms with Crippen molar-refractivity contribution < 1.29 is 14.4 Å². The highest BCUT2D eigenvalue weighted by Gasteiger charge is 2.67. The van der Waals surface area contributed by atoms with E-state index in [1.807, 2.05) is 91.0 Å². The third-order valence-corrected chi connectivity index (χ3v) is 9.43. The summed E-state index contributed by atoms with van der Waals surface area (Å²) in [7, 11) is 0. The molecule has 0 aromatic heterocycles. The highest BCUT2D eigenvalue weighted by atomic mass is 127. The Morgan fingerprint density at radius 3 is 2.12 bits per heavy atom. The SMILES string of the molecule is O=C(CNc1ccc(I)cc1)N/N=C\C12c3ccccc3C(c3ccccc31)[C@@H]1C(=O)N(Cc3ccccc3)C(=O)[C@@H]12. The summed E-state index contributed by atoms with van der Waals surface area (Å²) < 4.78 is 1.11. The van der Waals surface area contributed by atoms with E-state index in [0.29, 0.717) is 0 Å². The smallest absolute Gasteiger partial charge is 0.259 e. The van der Waals surface area contributed by atoms with Crippen LogP contribution in [0.4, 0.5) is 5.69 Å². The van der Waals surface area contributed by atoms with Gasteiger partial charge in [-0.2, -0.15) is 5.10 Å². The quantitative estimate of drug-likeness (QED) is 0.125. The van der Waals surface area contributed by atoms with E-state index >= 15 is 0 Å². The molecule has 42 heavy (non-hydrogen) atoms. The highest BCUT2D eigenvalue weighted by molar-refractivity contribution is 14.1. The standard InChI is InChI=1S/C34H27IN4O3/c35-22-14-16-23(17-15-22)36-18-28(40)38-37-20-34-26-12-6-4-10-24(26)29(25-11-5-7-13-27(25)34)30-31(34)33(42)39(32(30)41)19-21-8-2-1-3-9-21/h1-17,20,29-31,36H,18-19H2,(H,38,40)/b37-20-/t29?,30-,31+,34?/m0/s1. The van der Waals surface area contributed by atoms with E-state index in [1.54, 1.807) is 6.21 Å². The number of hydrogen-bond acceptors (Lipinski definition) is 5. The Labute approximate surface area is 257 Å². The maximum absolute atomic E-state index is 14.3. The lowest BCUT2D eigenvalue weighted by Crippen LogP contribution is -2.54. The fraction of sp³-hybridized carbons (Fsp3) is 0.176. The molecule has 4 aromatic carbocycles. The van der Waals surface area contributed by atoms with Crippen LogP contribution >= 0.6 is 22.6 Å². The largest absolute Gasteiger partial charge is 0.376 e. The number of anilines is 1. The van der Waals surface area contributed by atoms with Gasteiger partial charge in [-0.15, -0.1) is 0 Å². The molecule has 4 aliphatic rings. The molecular weight excluding hydrogens is 639 g/mol. The van der Waals surface area contributed by atoms with Crippen molar-refractivity contribution in [3.63, 3.8) is 0 Å². The molecule has 1 aliphatic heterocycles. The van der Waals surface area contributed by atoms with Gasteiger partial charge in [-0.05, 0) is 74.7 Å². The number of halogens is 1. The van der Waals surface area contributed by atoms with Gasteiger partial charge in [0.05, 0.1) is 30.3 Å². The van der Waals surface area contributed by atoms with Crippen molar-refractivity contribution >= 4 is 52.2 Å². The minimum atomic E-state index is -1.01. The van der Waals surface area contributed by atoms with E-state index < -0.39 is 17.3 Å². The van der Waals surface area contributed by atoms with Gasteiger partial charge in [0.1, 0.15) is 0 Å². The second-order valence-corrected chi connectivity index (χ2v) is 12.2. The van der Waals surface area contributed by atoms with Gasteiger partial charge in [-0.3, -0.25) is 19.3 Å². The number of carbonyl (C=O) groups excluding carboxylic acids is 3. The summed E-state index contributed by atoms with van der Waals surface area (Å²) in [6.07, 6.45) is 1.69. The fourth-order valence-corrected chi connectivity index (χ4v) is 7.39. The number of rotatable bonds is 7. The van der Waals surface area contributed by atoms with Crippen LogP contribution in [0.25, 0.3) is 0 Å². The molecule has 1 fully saturated rings. The zero-order chi connectivity index (χ0) is 28.8. The normalized spacial score (nSPS) is 23.5. The third-order valence-electron chi connectivity index (χ3n) is 8.71. The number of amides is 3. The molecule has 2 atom stereocenters. The van der Waals surface area contributed by atoms with Crippen LogP contribution in [0.15, 0.2) is 108 Å². The van der Waals surface area contributed by atoms with Gasteiger partial charge in [0.2, 0.25) is 11.8 Å². The molecule has 0 unspecified atom stereocenters. The van der Waals surface area contributed by atoms with E-state index in [4.69, 9.17) is 0 Å². The Bertz CT molecular complexity index is 1690. The van der Waals surface area contributed by atoms with Crippen LogP contribution in [0, 0.1) is 15.4 Å². The molecule has 4 aromatic rings. The lowest BCUT2D eigenvalue weighted by molar-refractivity contribution is -0.140. The average Bonchev–Trinajstić information content (AvgIpc) is 3.27. The van der Waals surface area contributed by atoms with Crippen molar-refractivity contribution in [2.75, 3.05) is 11.9 Å². The first-order chi connectivity index (χ1) is 20.5. The van der Waals surface area contributed by atoms with Gasteiger partial charge in [-0.25, -0.2) is 5.43 Å². The molecule has 0 radical (unpaired) electrons. The van der Waals surface area contributed by atoms with E-state index in [2.05, 4.69) is 50.6 Å². The number of benzene rings is 4. The predicted octanol–water partition coefficient (Wildman–Crippen LogP) is 5.05. The summed E-state index contributed by atoms with van der Waals surface area (Å²) in [5.41, 5.74) is 7.34. The lowest BCUT2D eigenvalue weighted by Gasteiger charge is -2.52. The van der Waals surface area contributed by atoms with Crippen molar-refractivity contribution in [1.82, 2.24) is 10.3 Å². The Morgan fingerprint density at radius 2 is 1.45 bits per heavy atom. The molecule has 8 heteroatoms. The number of hydrazone groups is 1. The number of imide groups is 1. The molecule has 0 saturated carbocycles. The minimum absolute atomic E-state index is 0.0362. The zero-order valence-corrected chi connectivity index (χ0v) is 24.7. The predicted molar refractivity (Wildman–Crippen MR) is 169 cm³/mol. The molecule has 208 valence electrons. The monoisotopic (exact) mass is 666 g/mol. The number of carbonyl (C=O) groups is 3. The number of hydrogen-bond donors (Lipinski definition) is 2. The summed E-state index contributed by atoms with van der Waals surface area (Å²) in [6, 6.07) is 33.4. The Morgan fingerprint density at radius 1 is 0.833 bits per heavy atom. The fourth-order valence-electron chi connectivity index (χ4n) is 7.03. The van der Waals surface area contributed by atoms with Crippen molar-refractivity contribution in [2.45, 2.75) is 17.9 Å². The Kier molecular flexibility index (Phi) is 6.65. The molecule has 7 nitrogen and oxygen atoms in total. The molecule has 1 heterocycles. The number of nitrogens with one attached hydrogen (secondary N) is 2. The molecule has 2 N–H and O–H groups in total. The Balaban J connectivity index is 1.26. The molecule has 0 spiro atoms. The first-order valence-corrected chi connectivity index (χ1v) is 15.0. The van der Waals surface area contributed by atoms with Crippen LogP contribution in [-0.4, -0.2) is 35.4 Å². The van der Waals surface area contributed by atoms with Crippen molar-refractivity contribution in [3.05, 3.63) is 135 Å². The van der Waals surface area contributed by atoms with Gasteiger partial charge in [0.15, 0.2) is 0 Å². The van der Waals surface area contributed by atoms with E-state index in [0.717, 1.165) is 37.1 Å². The number of nitrogens with zero attached hydrogens (tertiary/aromatic N) is 2. The third kappa shape index (κ3) is 4.15. The summed E-state index contributed by atoms with van der Waals surface area (Å²) in [5, 5.41) is 7.57. The van der Waals surface area contributed by atoms with Crippen LogP contribution in [0.1, 0.15) is 33.7 Å². The summed E-state index contributed by atoms with van der Waals surface area (Å²) in [4.78, 5) is 42.6. The van der Waals surface area contributed by atoms with Crippen LogP contribution in [-0.2, 0) is 26.3 Å². The number of likely N-dealkylation sites (tertiary alicyclic amines) is 1. The summed E-state index contributed by atoms with van der Waals surface area (Å²) >= 11 is 2.23. The van der Waals surface area contributed by atoms with Crippen LogP contribution in [0.3, 0.4) is 0 Å². The van der Waals surface area contributed by atoms with Crippen LogP contribution in [0.5, 0.6) is 0 Å². The van der Waals surface area contributed by atoms with Gasteiger partial charge in [0, 0.05) is 21.4 Å². The zero-order valence-electron chi connectivity index (χ0n) is 22.5. The van der Waals surface area contributed by atoms with Crippen molar-refractivity contribution in [2.24, 2.45) is 16.9 Å². The minimum Gasteiger partial charge on any atom is -0.376 e. The van der Waals surface area contributed by atoms with E-state index in [1.165, 1.54) is 4.90 Å². The first-order valence-electron chi connectivity index (χ1n) is 13.9. The van der Waals surface area contributed by atoms with Crippen molar-refractivity contribution in [3.8, 4) is 0 Å². The first kappa shape index (κ1) is 26.6. The Hall–Kier alpha value is -4.31. The molecule has 3 amide bonds. The topological polar surface area (TPSA) is 90.9 Å². The molecule has 2 bridgehead atoms. The summed E-state index contributed by atoms with van der Waals surface area (Å²) in [6.45, 7) is 0.258. The van der Waals surface area contributed by atoms with E-state index in [9.17, 15) is 14.4 Å². The molecular formula is C34H27IN4O3. The average molecular weight is 667 g/mol. The van der Waals surface area contributed by atoms with Crippen molar-refractivity contribution in [1.29, 1.82) is 0 Å². The second kappa shape index (κ2) is 10.5. The van der Waals surface area contributed by atoms with Gasteiger partial charge >= 0.3 is 0 Å². The molecule has 8 rings (SSSR count). The van der Waals surface area contributed by atoms with Gasteiger partial charge in [-0.1, -0.05) is 78.9 Å². The highest BCUT2D eigenvalue weighted by Crippen LogP contribution is 2.63. The van der Waals surface area contributed by atoms with Crippen LogP contribution in [0.2, 0.25) is 0 Å². The molecule has 3 aliphatic carbocycles. The second-order valence-electron chi connectivity index (χ2n) is 10.9. The lowest BCUT2D eigenvalue weighted by atomic mass is 9.47. The summed E-state index contributed by atoms with van der Waals surface area (Å²) in [5.74, 6) is -2.15. The molecule has 1 saturated heterocycles.